The van der Waals surface area contributed by atoms with Crippen LogP contribution in [-0.2, 0) is 4.79 Å². The Hall–Kier alpha value is -3.35. The van der Waals surface area contributed by atoms with E-state index < -0.39 is 0 Å². The number of Topliss-reactive ketones (excluding diaryl/α,β-unsaturated/α-hetero) is 1. The quantitative estimate of drug-likeness (QED) is 0.840. The maximum Gasteiger partial charge on any atom is 0.254 e. The fourth-order valence-electron chi connectivity index (χ4n) is 3.08. The SMILES string of the molecule is CC(=O)c1cccc(NC(=O)C2CN(C(=O)c3ccc4c(c3)OCO4)C2)c1. The zero-order valence-electron chi connectivity index (χ0n) is 14.7. The van der Waals surface area contributed by atoms with Gasteiger partial charge in [-0.3, -0.25) is 14.4 Å². The molecule has 0 aromatic heterocycles. The van der Waals surface area contributed by atoms with Gasteiger partial charge in [0.1, 0.15) is 0 Å². The fourth-order valence-corrected chi connectivity index (χ4v) is 3.08. The minimum atomic E-state index is -0.274. The first-order valence-corrected chi connectivity index (χ1v) is 8.62. The Morgan fingerprint density at radius 1 is 1.00 bits per heavy atom. The first-order valence-electron chi connectivity index (χ1n) is 8.62. The first-order chi connectivity index (χ1) is 13.0. The molecule has 0 bridgehead atoms. The van der Waals surface area contributed by atoms with Crippen LogP contribution < -0.4 is 14.8 Å². The van der Waals surface area contributed by atoms with Crippen molar-refractivity contribution in [2.45, 2.75) is 6.92 Å². The highest BCUT2D eigenvalue weighted by Gasteiger charge is 2.36. The van der Waals surface area contributed by atoms with Gasteiger partial charge in [0.05, 0.1) is 5.92 Å². The zero-order valence-corrected chi connectivity index (χ0v) is 14.7. The summed E-state index contributed by atoms with van der Waals surface area (Å²) in [6.07, 6.45) is 0. The molecule has 1 N–H and O–H groups in total. The molecule has 2 aromatic rings. The lowest BCUT2D eigenvalue weighted by molar-refractivity contribution is -0.123. The summed E-state index contributed by atoms with van der Waals surface area (Å²) < 4.78 is 10.5. The Morgan fingerprint density at radius 2 is 1.78 bits per heavy atom. The molecule has 2 aromatic carbocycles. The summed E-state index contributed by atoms with van der Waals surface area (Å²) in [5, 5.41) is 2.81. The second-order valence-electron chi connectivity index (χ2n) is 6.60. The van der Waals surface area contributed by atoms with E-state index in [-0.39, 0.29) is 30.3 Å². The lowest BCUT2D eigenvalue weighted by Crippen LogP contribution is -2.54. The van der Waals surface area contributed by atoms with Crippen LogP contribution in [0.3, 0.4) is 0 Å². The summed E-state index contributed by atoms with van der Waals surface area (Å²) in [5.41, 5.74) is 1.63. The van der Waals surface area contributed by atoms with Crippen molar-refractivity contribution < 1.29 is 23.9 Å². The van der Waals surface area contributed by atoms with Crippen LogP contribution in [0.2, 0.25) is 0 Å². The number of nitrogens with zero attached hydrogens (tertiary/aromatic N) is 1. The number of anilines is 1. The van der Waals surface area contributed by atoms with E-state index in [1.165, 1.54) is 6.92 Å². The monoisotopic (exact) mass is 366 g/mol. The van der Waals surface area contributed by atoms with Crippen molar-refractivity contribution in [3.8, 4) is 11.5 Å². The van der Waals surface area contributed by atoms with E-state index in [1.807, 2.05) is 0 Å². The second-order valence-corrected chi connectivity index (χ2v) is 6.60. The van der Waals surface area contributed by atoms with Crippen molar-refractivity contribution in [1.29, 1.82) is 0 Å². The molecule has 2 aliphatic heterocycles. The average Bonchev–Trinajstić information content (AvgIpc) is 3.08. The smallest absolute Gasteiger partial charge is 0.254 e. The molecule has 1 saturated heterocycles. The van der Waals surface area contributed by atoms with Crippen molar-refractivity contribution in [1.82, 2.24) is 4.90 Å². The zero-order chi connectivity index (χ0) is 19.0. The number of carbonyl (C=O) groups excluding carboxylic acids is 3. The predicted molar refractivity (Wildman–Crippen MR) is 97.0 cm³/mol. The topological polar surface area (TPSA) is 84.9 Å². The molecule has 0 atom stereocenters. The average molecular weight is 366 g/mol. The van der Waals surface area contributed by atoms with Crippen LogP contribution in [0, 0.1) is 5.92 Å². The molecule has 1 fully saturated rings. The van der Waals surface area contributed by atoms with Crippen molar-refractivity contribution in [3.63, 3.8) is 0 Å². The van der Waals surface area contributed by atoms with Crippen LogP contribution in [-0.4, -0.2) is 42.4 Å². The maximum absolute atomic E-state index is 12.5. The molecule has 0 saturated carbocycles. The molecule has 4 rings (SSSR count). The van der Waals surface area contributed by atoms with Crippen molar-refractivity contribution in [2.75, 3.05) is 25.2 Å². The minimum Gasteiger partial charge on any atom is -0.454 e. The van der Waals surface area contributed by atoms with Gasteiger partial charge < -0.3 is 19.7 Å². The molecule has 0 aliphatic carbocycles. The number of ether oxygens (including phenoxy) is 2. The number of carbonyl (C=O) groups is 3. The van der Waals surface area contributed by atoms with Gasteiger partial charge in [-0.05, 0) is 37.3 Å². The Bertz CT molecular complexity index is 934. The van der Waals surface area contributed by atoms with Gasteiger partial charge in [0, 0.05) is 29.9 Å². The molecule has 2 aliphatic rings. The lowest BCUT2D eigenvalue weighted by Gasteiger charge is -2.38. The third-order valence-corrected chi connectivity index (χ3v) is 4.70. The Kier molecular flexibility index (Phi) is 4.27. The Morgan fingerprint density at radius 3 is 2.56 bits per heavy atom. The van der Waals surface area contributed by atoms with Gasteiger partial charge in [-0.25, -0.2) is 0 Å². The van der Waals surface area contributed by atoms with Gasteiger partial charge in [0.25, 0.3) is 5.91 Å². The number of likely N-dealkylation sites (tertiary alicyclic amines) is 1. The highest BCUT2D eigenvalue weighted by molar-refractivity contribution is 6.00. The molecule has 7 heteroatoms. The standard InChI is InChI=1S/C20H18N2O5/c1-12(23)13-3-2-4-16(7-13)21-19(24)15-9-22(10-15)20(25)14-5-6-17-18(8-14)27-11-26-17/h2-8,15H,9-11H2,1H3,(H,21,24). The van der Waals surface area contributed by atoms with Crippen LogP contribution in [0.1, 0.15) is 27.6 Å². The van der Waals surface area contributed by atoms with Gasteiger partial charge in [-0.15, -0.1) is 0 Å². The molecule has 0 radical (unpaired) electrons. The van der Waals surface area contributed by atoms with Gasteiger partial charge >= 0.3 is 0 Å². The molecule has 27 heavy (non-hydrogen) atoms. The molecule has 0 unspecified atom stereocenters. The molecule has 138 valence electrons. The Balaban J connectivity index is 1.35. The number of benzene rings is 2. The van der Waals surface area contributed by atoms with Crippen LogP contribution in [0.5, 0.6) is 11.5 Å². The number of fused-ring (bicyclic) bond motifs is 1. The summed E-state index contributed by atoms with van der Waals surface area (Å²) in [7, 11) is 0. The van der Waals surface area contributed by atoms with E-state index in [1.54, 1.807) is 47.4 Å². The number of hydrogen-bond donors (Lipinski definition) is 1. The highest BCUT2D eigenvalue weighted by atomic mass is 16.7. The van der Waals surface area contributed by atoms with Crippen LogP contribution in [0.15, 0.2) is 42.5 Å². The largest absolute Gasteiger partial charge is 0.454 e. The van der Waals surface area contributed by atoms with Gasteiger partial charge in [-0.2, -0.15) is 0 Å². The van der Waals surface area contributed by atoms with Crippen LogP contribution >= 0.6 is 0 Å². The number of ketones is 1. The minimum absolute atomic E-state index is 0.0600. The van der Waals surface area contributed by atoms with Crippen molar-refractivity contribution in [3.05, 3.63) is 53.6 Å². The van der Waals surface area contributed by atoms with Crippen molar-refractivity contribution in [2.24, 2.45) is 5.92 Å². The van der Waals surface area contributed by atoms with Gasteiger partial charge in [0.2, 0.25) is 12.7 Å². The highest BCUT2D eigenvalue weighted by Crippen LogP contribution is 2.33. The molecule has 0 spiro atoms. The second kappa shape index (κ2) is 6.75. The molecular formula is C20H18N2O5. The normalized spacial score (nSPS) is 15.2. The fraction of sp³-hybridized carbons (Fsp3) is 0.250. The van der Waals surface area contributed by atoms with E-state index in [0.717, 1.165) is 0 Å². The molecule has 2 amide bonds. The van der Waals surface area contributed by atoms with E-state index in [4.69, 9.17) is 9.47 Å². The lowest BCUT2D eigenvalue weighted by atomic mass is 9.97. The first kappa shape index (κ1) is 17.1. The summed E-state index contributed by atoms with van der Waals surface area (Å²) in [4.78, 5) is 37.9. The van der Waals surface area contributed by atoms with E-state index >= 15 is 0 Å². The van der Waals surface area contributed by atoms with Crippen LogP contribution in [0.25, 0.3) is 0 Å². The summed E-state index contributed by atoms with van der Waals surface area (Å²) in [6, 6.07) is 11.9. The molecule has 7 nitrogen and oxygen atoms in total. The van der Waals surface area contributed by atoms with Gasteiger partial charge in [-0.1, -0.05) is 12.1 Å². The number of hydrogen-bond acceptors (Lipinski definition) is 5. The number of nitrogens with one attached hydrogen (secondary N) is 1. The maximum atomic E-state index is 12.5. The van der Waals surface area contributed by atoms with Crippen LogP contribution in [0.4, 0.5) is 5.69 Å². The molecular weight excluding hydrogens is 348 g/mol. The third-order valence-electron chi connectivity index (χ3n) is 4.70. The van der Waals surface area contributed by atoms with E-state index in [9.17, 15) is 14.4 Å². The number of rotatable bonds is 4. The summed E-state index contributed by atoms with van der Waals surface area (Å²) >= 11 is 0. The summed E-state index contributed by atoms with van der Waals surface area (Å²) in [6.45, 7) is 2.34. The van der Waals surface area contributed by atoms with Gasteiger partial charge in [0.15, 0.2) is 17.3 Å². The number of amides is 2. The summed E-state index contributed by atoms with van der Waals surface area (Å²) in [5.74, 6) is 0.543. The van der Waals surface area contributed by atoms with E-state index in [0.29, 0.717) is 41.4 Å². The Labute approximate surface area is 155 Å². The third kappa shape index (κ3) is 3.36. The van der Waals surface area contributed by atoms with Crippen molar-refractivity contribution >= 4 is 23.3 Å². The van der Waals surface area contributed by atoms with E-state index in [2.05, 4.69) is 5.32 Å². The molecule has 2 heterocycles. The predicted octanol–water partition coefficient (Wildman–Crippen LogP) is 2.33.